The molecule has 0 N–H and O–H groups in total. The van der Waals surface area contributed by atoms with E-state index in [-0.39, 0.29) is 0 Å². The van der Waals surface area contributed by atoms with E-state index in [2.05, 4.69) is 12.7 Å². The maximum absolute atomic E-state index is 5.63. The Balaban J connectivity index is 2.54. The second-order valence-corrected chi connectivity index (χ2v) is 8.70. The Kier molecular flexibility index (Phi) is 3.55. The maximum atomic E-state index is 5.63. The standard InChI is InChI=1S/C3H8ClGe/c1-3-5(2)4/h3H2,1-2H3. The van der Waals surface area contributed by atoms with Crippen LogP contribution in [-0.2, 0) is 0 Å². The van der Waals surface area contributed by atoms with Crippen LogP contribution >= 0.6 is 10.0 Å². The van der Waals surface area contributed by atoms with E-state index in [1.54, 1.807) is 0 Å². The van der Waals surface area contributed by atoms with Crippen molar-refractivity contribution in [2.24, 2.45) is 0 Å². The first-order chi connectivity index (χ1) is 2.27. The van der Waals surface area contributed by atoms with Crippen LogP contribution in [0.25, 0.3) is 0 Å². The van der Waals surface area contributed by atoms with Crippen LogP contribution in [0.2, 0.25) is 11.0 Å². The van der Waals surface area contributed by atoms with E-state index >= 15 is 0 Å². The molecule has 5 heavy (non-hydrogen) atoms. The molecule has 0 saturated heterocycles. The fourth-order valence-electron chi connectivity index (χ4n) is 0. The van der Waals surface area contributed by atoms with Crippen molar-refractivity contribution in [3.63, 3.8) is 0 Å². The van der Waals surface area contributed by atoms with Crippen LogP contribution in [0.3, 0.4) is 0 Å². The second kappa shape index (κ2) is 3.04. The van der Waals surface area contributed by atoms with Gasteiger partial charge < -0.3 is 0 Å². The van der Waals surface area contributed by atoms with Crippen LogP contribution in [0.1, 0.15) is 6.92 Å². The molecule has 0 rings (SSSR count). The van der Waals surface area contributed by atoms with E-state index in [4.69, 9.17) is 10.0 Å². The molecule has 0 aliphatic rings. The molecule has 0 atom stereocenters. The Morgan fingerprint density at radius 1 is 1.80 bits per heavy atom. The summed E-state index contributed by atoms with van der Waals surface area (Å²) in [4.78, 5) is 0. The predicted octanol–water partition coefficient (Wildman–Crippen LogP) is 1.87. The molecule has 0 aromatic rings. The summed E-state index contributed by atoms with van der Waals surface area (Å²) in [5.41, 5.74) is 0. The molecule has 0 heterocycles. The van der Waals surface area contributed by atoms with Gasteiger partial charge >= 0.3 is 41.4 Å². The van der Waals surface area contributed by atoms with Crippen molar-refractivity contribution >= 4 is 23.4 Å². The van der Waals surface area contributed by atoms with Gasteiger partial charge in [-0.25, -0.2) is 0 Å². The average molecular weight is 152 g/mol. The van der Waals surface area contributed by atoms with Crippen molar-refractivity contribution in [3.8, 4) is 0 Å². The molecule has 0 amide bonds. The molecule has 0 aliphatic carbocycles. The van der Waals surface area contributed by atoms with Crippen molar-refractivity contribution in [1.29, 1.82) is 0 Å². The van der Waals surface area contributed by atoms with Crippen molar-refractivity contribution in [1.82, 2.24) is 0 Å². The minimum atomic E-state index is -0.884. The van der Waals surface area contributed by atoms with E-state index in [1.807, 2.05) is 0 Å². The summed E-state index contributed by atoms with van der Waals surface area (Å²) in [6.45, 7) is 2.14. The molecule has 2 heteroatoms. The fraction of sp³-hybridized carbons (Fsp3) is 1.00. The first-order valence-electron chi connectivity index (χ1n) is 1.75. The molecular formula is C3H8ClGe. The van der Waals surface area contributed by atoms with Gasteiger partial charge in [0.1, 0.15) is 0 Å². The number of hydrogen-bond acceptors (Lipinski definition) is 0. The quantitative estimate of drug-likeness (QED) is 0.503. The zero-order valence-corrected chi connectivity index (χ0v) is 6.44. The van der Waals surface area contributed by atoms with Gasteiger partial charge in [0, 0.05) is 0 Å². The molecule has 0 nitrogen and oxygen atoms in total. The number of rotatable bonds is 1. The van der Waals surface area contributed by atoms with E-state index in [1.165, 1.54) is 5.25 Å². The van der Waals surface area contributed by atoms with Crippen LogP contribution in [0.15, 0.2) is 0 Å². The predicted molar refractivity (Wildman–Crippen MR) is 28.0 cm³/mol. The summed E-state index contributed by atoms with van der Waals surface area (Å²) in [7, 11) is 5.63. The van der Waals surface area contributed by atoms with Gasteiger partial charge in [-0.05, 0) is 0 Å². The molecule has 0 unspecified atom stereocenters. The Morgan fingerprint density at radius 2 is 2.00 bits per heavy atom. The van der Waals surface area contributed by atoms with Crippen LogP contribution in [0.5, 0.6) is 0 Å². The van der Waals surface area contributed by atoms with Gasteiger partial charge in [-0.1, -0.05) is 0 Å². The van der Waals surface area contributed by atoms with E-state index in [0.29, 0.717) is 0 Å². The Morgan fingerprint density at radius 3 is 2.00 bits per heavy atom. The summed E-state index contributed by atoms with van der Waals surface area (Å²) >= 11 is -0.884. The Bertz CT molecular complexity index is 20.9. The van der Waals surface area contributed by atoms with Gasteiger partial charge in [0.15, 0.2) is 0 Å². The summed E-state index contributed by atoms with van der Waals surface area (Å²) in [5, 5.41) is 1.24. The third-order valence-electron chi connectivity index (χ3n) is 0.487. The van der Waals surface area contributed by atoms with Gasteiger partial charge in [0.25, 0.3) is 0 Å². The molecule has 0 fully saturated rings. The van der Waals surface area contributed by atoms with Gasteiger partial charge in [-0.2, -0.15) is 0 Å². The van der Waals surface area contributed by atoms with Crippen LogP contribution in [0.4, 0.5) is 0 Å². The minimum absolute atomic E-state index is 0.884. The molecular weight excluding hydrogens is 144 g/mol. The van der Waals surface area contributed by atoms with Crippen LogP contribution < -0.4 is 0 Å². The molecule has 0 aromatic heterocycles. The second-order valence-electron chi connectivity index (χ2n) is 1.03. The van der Waals surface area contributed by atoms with E-state index in [9.17, 15) is 0 Å². The third-order valence-corrected chi connectivity index (χ3v) is 3.92. The fourth-order valence-corrected chi connectivity index (χ4v) is 0. The molecule has 0 saturated carbocycles. The molecule has 0 spiro atoms. The van der Waals surface area contributed by atoms with Crippen molar-refractivity contribution in [3.05, 3.63) is 0 Å². The van der Waals surface area contributed by atoms with Gasteiger partial charge in [0.2, 0.25) is 0 Å². The number of halogens is 1. The Hall–Kier alpha value is 0.833. The summed E-state index contributed by atoms with van der Waals surface area (Å²) in [6, 6.07) is 0. The Labute approximate surface area is 41.8 Å². The van der Waals surface area contributed by atoms with Gasteiger partial charge in [-0.3, -0.25) is 0 Å². The monoisotopic (exact) mass is 153 g/mol. The van der Waals surface area contributed by atoms with Crippen molar-refractivity contribution in [2.45, 2.75) is 17.9 Å². The molecule has 1 radical (unpaired) electrons. The molecule has 31 valence electrons. The molecule has 0 aromatic carbocycles. The van der Waals surface area contributed by atoms with E-state index in [0.717, 1.165) is 0 Å². The van der Waals surface area contributed by atoms with Gasteiger partial charge in [0.05, 0.1) is 0 Å². The van der Waals surface area contributed by atoms with Crippen LogP contribution in [0, 0.1) is 0 Å². The molecule has 0 aliphatic heterocycles. The third kappa shape index (κ3) is 4.83. The summed E-state index contributed by atoms with van der Waals surface area (Å²) < 4.78 is 0. The normalized spacial score (nSPS) is 9.60. The van der Waals surface area contributed by atoms with Crippen LogP contribution in [-0.4, -0.2) is 13.4 Å². The van der Waals surface area contributed by atoms with Gasteiger partial charge in [-0.15, -0.1) is 0 Å². The summed E-state index contributed by atoms with van der Waals surface area (Å²) in [6.07, 6.45) is 0. The summed E-state index contributed by atoms with van der Waals surface area (Å²) in [5.74, 6) is 2.15. The SMILES string of the molecule is C[CH2][Ge]([CH3])[Cl]. The zero-order valence-electron chi connectivity index (χ0n) is 3.59. The first kappa shape index (κ1) is 5.83. The zero-order chi connectivity index (χ0) is 4.28. The number of hydrogen-bond donors (Lipinski definition) is 0. The molecule has 0 bridgehead atoms. The average Bonchev–Trinajstić information content (AvgIpc) is 1.38. The topological polar surface area (TPSA) is 0 Å². The van der Waals surface area contributed by atoms with E-state index < -0.39 is 13.4 Å². The first-order valence-corrected chi connectivity index (χ1v) is 8.09. The van der Waals surface area contributed by atoms with Crippen molar-refractivity contribution < 1.29 is 0 Å². The van der Waals surface area contributed by atoms with Crippen molar-refractivity contribution in [2.75, 3.05) is 0 Å².